The zero-order valence-corrected chi connectivity index (χ0v) is 18.8. The predicted molar refractivity (Wildman–Crippen MR) is 119 cm³/mol. The molecule has 4 rings (SSSR count). The lowest BCUT2D eigenvalue weighted by Gasteiger charge is -2.36. The molecule has 0 bridgehead atoms. The molecule has 33 heavy (non-hydrogen) atoms. The van der Waals surface area contributed by atoms with Crippen LogP contribution in [0.1, 0.15) is 50.5 Å². The fourth-order valence-corrected chi connectivity index (χ4v) is 4.55. The van der Waals surface area contributed by atoms with Gasteiger partial charge in [-0.05, 0) is 30.2 Å². The Morgan fingerprint density at radius 2 is 1.82 bits per heavy atom. The molecule has 2 aliphatic rings. The SMILES string of the molecule is COc1ccnc(C(O)CN2CCN(CC(O)c3ccc4c(c3C)COC4=O)CC2)c1C#N. The molecule has 9 nitrogen and oxygen atoms in total. The van der Waals surface area contributed by atoms with Crippen LogP contribution < -0.4 is 4.74 Å². The number of β-amino-alcohol motifs (C(OH)–C–C–N with tert-alkyl or cyclic N) is 2. The van der Waals surface area contributed by atoms with E-state index >= 15 is 0 Å². The summed E-state index contributed by atoms with van der Waals surface area (Å²) in [6.07, 6.45) is -0.0335. The normalized spacial score (nSPS) is 18.3. The quantitative estimate of drug-likeness (QED) is 0.600. The molecule has 1 aromatic heterocycles. The van der Waals surface area contributed by atoms with Gasteiger partial charge in [-0.1, -0.05) is 6.07 Å². The molecular weight excluding hydrogens is 424 g/mol. The number of carbonyl (C=O) groups is 1. The molecule has 9 heteroatoms. The topological polar surface area (TPSA) is 119 Å². The van der Waals surface area contributed by atoms with E-state index in [0.717, 1.165) is 42.9 Å². The molecule has 174 valence electrons. The van der Waals surface area contributed by atoms with E-state index in [1.54, 1.807) is 12.1 Å². The molecule has 0 saturated carbocycles. The molecule has 1 aromatic carbocycles. The Bertz CT molecular complexity index is 1080. The smallest absolute Gasteiger partial charge is 0.338 e. The van der Waals surface area contributed by atoms with Crippen LogP contribution in [0.3, 0.4) is 0 Å². The first-order chi connectivity index (χ1) is 15.9. The van der Waals surface area contributed by atoms with Gasteiger partial charge in [-0.3, -0.25) is 14.8 Å². The van der Waals surface area contributed by atoms with Crippen molar-refractivity contribution in [2.75, 3.05) is 46.4 Å². The molecule has 3 heterocycles. The lowest BCUT2D eigenvalue weighted by molar-refractivity contribution is 0.0469. The third-order valence-corrected chi connectivity index (χ3v) is 6.48. The van der Waals surface area contributed by atoms with Crippen molar-refractivity contribution < 1.29 is 24.5 Å². The van der Waals surface area contributed by atoms with E-state index in [-0.39, 0.29) is 18.1 Å². The molecule has 2 aromatic rings. The summed E-state index contributed by atoms with van der Waals surface area (Å²) in [7, 11) is 1.48. The van der Waals surface area contributed by atoms with Gasteiger partial charge in [0.05, 0.1) is 24.5 Å². The Kier molecular flexibility index (Phi) is 6.91. The van der Waals surface area contributed by atoms with Gasteiger partial charge in [0.25, 0.3) is 0 Å². The molecule has 0 amide bonds. The maximum absolute atomic E-state index is 11.7. The van der Waals surface area contributed by atoms with Crippen LogP contribution in [0.5, 0.6) is 5.75 Å². The second-order valence-electron chi connectivity index (χ2n) is 8.40. The number of hydrogen-bond donors (Lipinski definition) is 2. The minimum Gasteiger partial charge on any atom is -0.495 e. The van der Waals surface area contributed by atoms with Gasteiger partial charge in [0.1, 0.15) is 30.1 Å². The highest BCUT2D eigenvalue weighted by molar-refractivity contribution is 5.93. The molecule has 2 aliphatic heterocycles. The first-order valence-corrected chi connectivity index (χ1v) is 11.0. The summed E-state index contributed by atoms with van der Waals surface area (Å²) in [5.41, 5.74) is 3.75. The van der Waals surface area contributed by atoms with Gasteiger partial charge < -0.3 is 19.7 Å². The summed E-state index contributed by atoms with van der Waals surface area (Å²) in [5.74, 6) is 0.0941. The van der Waals surface area contributed by atoms with Crippen molar-refractivity contribution >= 4 is 5.97 Å². The van der Waals surface area contributed by atoms with Crippen LogP contribution in [0.25, 0.3) is 0 Å². The molecule has 2 N–H and O–H groups in total. The number of hydrogen-bond acceptors (Lipinski definition) is 9. The van der Waals surface area contributed by atoms with Crippen molar-refractivity contribution in [3.63, 3.8) is 0 Å². The van der Waals surface area contributed by atoms with Crippen molar-refractivity contribution in [1.82, 2.24) is 14.8 Å². The number of ether oxygens (including phenoxy) is 2. The van der Waals surface area contributed by atoms with Crippen molar-refractivity contribution in [3.05, 3.63) is 57.9 Å². The number of nitriles is 1. The molecule has 1 fully saturated rings. The monoisotopic (exact) mass is 452 g/mol. The number of aliphatic hydroxyl groups is 2. The number of aromatic nitrogens is 1. The average molecular weight is 453 g/mol. The third-order valence-electron chi connectivity index (χ3n) is 6.48. The number of fused-ring (bicyclic) bond motifs is 1. The summed E-state index contributed by atoms with van der Waals surface area (Å²) in [4.78, 5) is 20.2. The number of methoxy groups -OCH3 is 1. The summed E-state index contributed by atoms with van der Waals surface area (Å²) >= 11 is 0. The second-order valence-corrected chi connectivity index (χ2v) is 8.40. The molecule has 2 atom stereocenters. The minimum atomic E-state index is -0.897. The number of pyridine rings is 1. The summed E-state index contributed by atoms with van der Waals surface area (Å²) in [5, 5.41) is 31.0. The summed E-state index contributed by atoms with van der Waals surface area (Å²) in [6.45, 7) is 5.96. The van der Waals surface area contributed by atoms with Gasteiger partial charge in [0, 0.05) is 51.0 Å². The van der Waals surface area contributed by atoms with Crippen molar-refractivity contribution in [3.8, 4) is 11.8 Å². The number of nitrogens with zero attached hydrogens (tertiary/aromatic N) is 4. The lowest BCUT2D eigenvalue weighted by atomic mass is 9.95. The third kappa shape index (κ3) is 4.70. The fourth-order valence-electron chi connectivity index (χ4n) is 4.55. The van der Waals surface area contributed by atoms with Gasteiger partial charge >= 0.3 is 5.97 Å². The Labute approximate surface area is 192 Å². The van der Waals surface area contributed by atoms with Crippen molar-refractivity contribution in [2.24, 2.45) is 0 Å². The van der Waals surface area contributed by atoms with E-state index in [0.29, 0.717) is 30.1 Å². The number of piperazine rings is 1. The van der Waals surface area contributed by atoms with Crippen LogP contribution in [-0.2, 0) is 11.3 Å². The van der Waals surface area contributed by atoms with Crippen LogP contribution in [-0.4, -0.2) is 77.3 Å². The molecule has 0 radical (unpaired) electrons. The van der Waals surface area contributed by atoms with Gasteiger partial charge in [0.2, 0.25) is 0 Å². The first-order valence-electron chi connectivity index (χ1n) is 11.0. The van der Waals surface area contributed by atoms with Gasteiger partial charge in [-0.15, -0.1) is 0 Å². The van der Waals surface area contributed by atoms with E-state index < -0.39 is 12.2 Å². The van der Waals surface area contributed by atoms with E-state index in [4.69, 9.17) is 9.47 Å². The fraction of sp³-hybridized carbons (Fsp3) is 0.458. The van der Waals surface area contributed by atoms with E-state index in [9.17, 15) is 20.3 Å². The number of aliphatic hydroxyl groups excluding tert-OH is 2. The highest BCUT2D eigenvalue weighted by atomic mass is 16.5. The zero-order chi connectivity index (χ0) is 23.5. The molecule has 0 spiro atoms. The summed E-state index contributed by atoms with van der Waals surface area (Å²) in [6, 6.07) is 7.22. The van der Waals surface area contributed by atoms with Crippen molar-refractivity contribution in [1.29, 1.82) is 5.26 Å². The highest BCUT2D eigenvalue weighted by Gasteiger charge is 2.28. The number of cyclic esters (lactones) is 1. The predicted octanol–water partition coefficient (Wildman–Crippen LogP) is 1.33. The Balaban J connectivity index is 1.33. The van der Waals surface area contributed by atoms with Gasteiger partial charge in [-0.2, -0.15) is 5.26 Å². The zero-order valence-electron chi connectivity index (χ0n) is 18.8. The first kappa shape index (κ1) is 23.1. The largest absolute Gasteiger partial charge is 0.495 e. The van der Waals surface area contributed by atoms with Crippen LogP contribution in [0.15, 0.2) is 24.4 Å². The maximum atomic E-state index is 11.7. The van der Waals surface area contributed by atoms with Crippen LogP contribution in [0.2, 0.25) is 0 Å². The standard InChI is InChI=1S/C24H28N4O5/c1-15-16(3-4-17-19(15)14-33-24(17)31)20(29)12-27-7-9-28(10-8-27)13-21(30)23-18(11-25)22(32-2)5-6-26-23/h3-6,20-21,29-30H,7-10,12-14H2,1-2H3. The van der Waals surface area contributed by atoms with E-state index in [1.807, 2.05) is 13.0 Å². The number of esters is 1. The molecule has 0 aliphatic carbocycles. The summed E-state index contributed by atoms with van der Waals surface area (Å²) < 4.78 is 10.3. The lowest BCUT2D eigenvalue weighted by Crippen LogP contribution is -2.48. The number of benzene rings is 1. The minimum absolute atomic E-state index is 0.256. The van der Waals surface area contributed by atoms with E-state index in [2.05, 4.69) is 20.9 Å². The van der Waals surface area contributed by atoms with Crippen molar-refractivity contribution in [2.45, 2.75) is 25.7 Å². The molecule has 1 saturated heterocycles. The van der Waals surface area contributed by atoms with Gasteiger partial charge in [0.15, 0.2) is 0 Å². The van der Waals surface area contributed by atoms with Crippen LogP contribution in [0, 0.1) is 18.3 Å². The van der Waals surface area contributed by atoms with Gasteiger partial charge in [-0.25, -0.2) is 4.79 Å². The maximum Gasteiger partial charge on any atom is 0.338 e. The Hall–Kier alpha value is -3.03. The highest BCUT2D eigenvalue weighted by Crippen LogP contribution is 2.30. The Morgan fingerprint density at radius 3 is 2.45 bits per heavy atom. The number of rotatable bonds is 7. The number of carbonyl (C=O) groups excluding carboxylic acids is 1. The second kappa shape index (κ2) is 9.85. The van der Waals surface area contributed by atoms with Crippen LogP contribution in [0.4, 0.5) is 0 Å². The molecule has 2 unspecified atom stereocenters. The Morgan fingerprint density at radius 1 is 1.15 bits per heavy atom. The average Bonchev–Trinajstić information content (AvgIpc) is 3.21. The van der Waals surface area contributed by atoms with E-state index in [1.165, 1.54) is 13.3 Å². The molecular formula is C24H28N4O5. The van der Waals surface area contributed by atoms with Crippen LogP contribution >= 0.6 is 0 Å².